The number of thiazole rings is 1. The van der Waals surface area contributed by atoms with E-state index in [1.807, 2.05) is 0 Å². The molecule has 0 radical (unpaired) electrons. The summed E-state index contributed by atoms with van der Waals surface area (Å²) in [6.07, 6.45) is 0. The van der Waals surface area contributed by atoms with E-state index in [-0.39, 0.29) is 4.90 Å². The largest absolute Gasteiger partial charge is 0.333 e. The van der Waals surface area contributed by atoms with Gasteiger partial charge >= 0.3 is 0 Å². The van der Waals surface area contributed by atoms with Gasteiger partial charge in [0, 0.05) is 11.1 Å². The van der Waals surface area contributed by atoms with Crippen molar-refractivity contribution < 1.29 is 13.2 Å². The maximum Gasteiger partial charge on any atom is 0.272 e. The van der Waals surface area contributed by atoms with Crippen molar-refractivity contribution >= 4 is 45.2 Å². The van der Waals surface area contributed by atoms with E-state index in [1.54, 1.807) is 11.4 Å². The molecule has 2 aromatic rings. The highest BCUT2D eigenvalue weighted by molar-refractivity contribution is 7.89. The Balaban J connectivity index is 2.25. The molecule has 0 spiro atoms. The molecule has 1 heterocycles. The van der Waals surface area contributed by atoms with Gasteiger partial charge in [-0.1, -0.05) is 6.07 Å². The summed E-state index contributed by atoms with van der Waals surface area (Å²) in [6, 6.07) is 5.69. The molecule has 0 atom stereocenters. The first-order valence-electron chi connectivity index (χ1n) is 4.98. The lowest BCUT2D eigenvalue weighted by molar-refractivity contribution is 0.102. The zero-order valence-electron chi connectivity index (χ0n) is 9.41. The molecule has 6 nitrogen and oxygen atoms in total. The van der Waals surface area contributed by atoms with Gasteiger partial charge in [0.2, 0.25) is 10.0 Å². The molecule has 19 heavy (non-hydrogen) atoms. The molecule has 2 rings (SSSR count). The van der Waals surface area contributed by atoms with Gasteiger partial charge in [0.05, 0.1) is 4.90 Å². The van der Waals surface area contributed by atoms with Crippen molar-refractivity contribution in [3.63, 3.8) is 0 Å². The van der Waals surface area contributed by atoms with E-state index < -0.39 is 15.9 Å². The molecule has 100 valence electrons. The molecule has 0 aliphatic carbocycles. The summed E-state index contributed by atoms with van der Waals surface area (Å²) in [5.41, 5.74) is 0.651. The van der Waals surface area contributed by atoms with Crippen LogP contribution >= 0.6 is 23.6 Å². The van der Waals surface area contributed by atoms with Crippen LogP contribution < -0.4 is 10.5 Å². The Morgan fingerprint density at radius 3 is 2.74 bits per heavy atom. The van der Waals surface area contributed by atoms with Crippen molar-refractivity contribution in [2.75, 3.05) is 5.32 Å². The van der Waals surface area contributed by atoms with Gasteiger partial charge in [-0.2, -0.15) is 0 Å². The highest BCUT2D eigenvalue weighted by atomic mass is 32.2. The van der Waals surface area contributed by atoms with Crippen LogP contribution in [0.2, 0.25) is 0 Å². The first kappa shape index (κ1) is 13.9. The van der Waals surface area contributed by atoms with E-state index in [0.717, 1.165) is 0 Å². The van der Waals surface area contributed by atoms with Crippen LogP contribution in [-0.4, -0.2) is 19.3 Å². The monoisotopic (exact) mass is 315 g/mol. The Hall–Kier alpha value is -1.55. The molecule has 0 aliphatic heterocycles. The number of primary sulfonamides is 1. The number of hydrogen-bond acceptors (Lipinski definition) is 5. The summed E-state index contributed by atoms with van der Waals surface area (Å²) in [5, 5.41) is 9.15. The molecule has 1 amide bonds. The third-order valence-corrected chi connectivity index (χ3v) is 4.16. The van der Waals surface area contributed by atoms with Crippen LogP contribution in [0.4, 0.5) is 5.69 Å². The molecule has 4 N–H and O–H groups in total. The van der Waals surface area contributed by atoms with Crippen molar-refractivity contribution in [1.29, 1.82) is 0 Å². The lowest BCUT2D eigenvalue weighted by Gasteiger charge is -2.05. The summed E-state index contributed by atoms with van der Waals surface area (Å²) in [7, 11) is -3.80. The quantitative estimate of drug-likeness (QED) is 0.750. The summed E-state index contributed by atoms with van der Waals surface area (Å²) in [6.45, 7) is 0. The number of sulfonamides is 1. The van der Waals surface area contributed by atoms with Crippen LogP contribution in [0.15, 0.2) is 34.5 Å². The van der Waals surface area contributed by atoms with Crippen molar-refractivity contribution in [3.05, 3.63) is 39.3 Å². The fourth-order valence-electron chi connectivity index (χ4n) is 1.34. The number of hydrogen-bond donors (Lipinski definition) is 3. The van der Waals surface area contributed by atoms with Crippen molar-refractivity contribution in [2.45, 2.75) is 4.90 Å². The van der Waals surface area contributed by atoms with Gasteiger partial charge in [-0.25, -0.2) is 13.6 Å². The first-order chi connectivity index (χ1) is 8.86. The number of aromatic nitrogens is 1. The first-order valence-corrected chi connectivity index (χ1v) is 7.82. The Bertz CT molecular complexity index is 776. The smallest absolute Gasteiger partial charge is 0.272 e. The highest BCUT2D eigenvalue weighted by Crippen LogP contribution is 2.15. The number of aromatic amines is 1. The van der Waals surface area contributed by atoms with Crippen LogP contribution in [0.1, 0.15) is 10.5 Å². The summed E-state index contributed by atoms with van der Waals surface area (Å²) < 4.78 is 22.9. The fraction of sp³-hybridized carbons (Fsp3) is 0. The van der Waals surface area contributed by atoms with Gasteiger partial charge in [0.25, 0.3) is 5.91 Å². The van der Waals surface area contributed by atoms with Crippen LogP contribution in [0.25, 0.3) is 0 Å². The Morgan fingerprint density at radius 1 is 1.42 bits per heavy atom. The molecular formula is C10H9N3O3S3. The summed E-state index contributed by atoms with van der Waals surface area (Å²) in [4.78, 5) is 14.5. The predicted molar refractivity (Wildman–Crippen MR) is 75.3 cm³/mol. The minimum atomic E-state index is -3.80. The van der Waals surface area contributed by atoms with E-state index in [9.17, 15) is 13.2 Å². The standard InChI is InChI=1S/C10H9N3O3S3/c11-19(15,16)7-3-1-2-6(4-7)12-9(14)8-5-18-10(17)13-8/h1-5H,(H,12,14)(H,13,17)(H2,11,15,16). The normalized spacial score (nSPS) is 11.2. The average molecular weight is 315 g/mol. The average Bonchev–Trinajstić information content (AvgIpc) is 2.75. The van der Waals surface area contributed by atoms with Crippen LogP contribution in [0.3, 0.4) is 0 Å². The molecule has 9 heteroatoms. The van der Waals surface area contributed by atoms with Gasteiger partial charge in [-0.05, 0) is 30.4 Å². The highest BCUT2D eigenvalue weighted by Gasteiger charge is 2.11. The maximum atomic E-state index is 11.8. The third-order valence-electron chi connectivity index (χ3n) is 2.19. The number of carbonyl (C=O) groups excluding carboxylic acids is 1. The van der Waals surface area contributed by atoms with Gasteiger partial charge < -0.3 is 10.3 Å². The number of nitrogens with one attached hydrogen (secondary N) is 2. The molecule has 0 aliphatic rings. The number of carbonyl (C=O) groups is 1. The van der Waals surface area contributed by atoms with Crippen molar-refractivity contribution in [3.8, 4) is 0 Å². The molecule has 0 bridgehead atoms. The second-order valence-corrected chi connectivity index (χ2v) is 6.70. The Morgan fingerprint density at radius 2 is 2.16 bits per heavy atom. The van der Waals surface area contributed by atoms with E-state index in [0.29, 0.717) is 15.3 Å². The van der Waals surface area contributed by atoms with Gasteiger partial charge in [-0.3, -0.25) is 4.79 Å². The number of amides is 1. The predicted octanol–water partition coefficient (Wildman–Crippen LogP) is 1.71. The zero-order valence-corrected chi connectivity index (χ0v) is 11.9. The van der Waals surface area contributed by atoms with E-state index >= 15 is 0 Å². The fourth-order valence-corrected chi connectivity index (χ4v) is 2.71. The number of H-pyrrole nitrogens is 1. The second kappa shape index (κ2) is 5.21. The Labute approximate surface area is 118 Å². The van der Waals surface area contributed by atoms with Crippen LogP contribution in [0, 0.1) is 3.95 Å². The number of nitrogens with two attached hydrogens (primary N) is 1. The molecule has 1 aromatic carbocycles. The topological polar surface area (TPSA) is 105 Å². The molecular weight excluding hydrogens is 306 g/mol. The maximum absolute atomic E-state index is 11.8. The summed E-state index contributed by atoms with van der Waals surface area (Å²) in [5.74, 6) is -0.404. The van der Waals surface area contributed by atoms with E-state index in [2.05, 4.69) is 10.3 Å². The Kier molecular flexibility index (Phi) is 3.80. The molecule has 0 unspecified atom stereocenters. The SMILES string of the molecule is NS(=O)(=O)c1cccc(NC(=O)c2csc(=S)[nH]2)c1. The lowest BCUT2D eigenvalue weighted by Crippen LogP contribution is -2.15. The molecule has 0 fully saturated rings. The van der Waals surface area contributed by atoms with Gasteiger partial charge in [0.15, 0.2) is 3.95 Å². The second-order valence-electron chi connectivity index (χ2n) is 3.59. The molecule has 0 saturated heterocycles. The minimum absolute atomic E-state index is 0.0662. The number of anilines is 1. The summed E-state index contributed by atoms with van der Waals surface area (Å²) >= 11 is 6.11. The van der Waals surface area contributed by atoms with Crippen molar-refractivity contribution in [1.82, 2.24) is 4.98 Å². The van der Waals surface area contributed by atoms with E-state index in [1.165, 1.54) is 29.5 Å². The third kappa shape index (κ3) is 3.47. The van der Waals surface area contributed by atoms with Crippen LogP contribution in [0.5, 0.6) is 0 Å². The molecule has 1 aromatic heterocycles. The lowest BCUT2D eigenvalue weighted by atomic mass is 10.3. The van der Waals surface area contributed by atoms with E-state index in [4.69, 9.17) is 17.4 Å². The molecule has 0 saturated carbocycles. The van der Waals surface area contributed by atoms with Gasteiger partial charge in [0.1, 0.15) is 5.69 Å². The number of rotatable bonds is 3. The van der Waals surface area contributed by atoms with Gasteiger partial charge in [-0.15, -0.1) is 11.3 Å². The number of benzene rings is 1. The van der Waals surface area contributed by atoms with Crippen LogP contribution in [-0.2, 0) is 10.0 Å². The van der Waals surface area contributed by atoms with Crippen molar-refractivity contribution in [2.24, 2.45) is 5.14 Å². The minimum Gasteiger partial charge on any atom is -0.333 e. The zero-order chi connectivity index (χ0) is 14.0.